The number of H-pyrrole nitrogens is 1. The Labute approximate surface area is 90.1 Å². The van der Waals surface area contributed by atoms with Crippen molar-refractivity contribution in [1.29, 1.82) is 0 Å². The maximum atomic E-state index is 11.1. The number of aromatic amines is 1. The lowest BCUT2D eigenvalue weighted by Crippen LogP contribution is -2.11. The maximum Gasteiger partial charge on any atom is 0.348 e. The number of hydrogen-bond donors (Lipinski definition) is 2. The molecule has 0 bridgehead atoms. The fraction of sp³-hybridized carbons (Fsp3) is 0.375. The number of anilines is 1. The molecular formula is C8H11N5OS. The smallest absolute Gasteiger partial charge is 0.348 e. The summed E-state index contributed by atoms with van der Waals surface area (Å²) in [7, 11) is 0. The molecule has 0 unspecified atom stereocenters. The van der Waals surface area contributed by atoms with Crippen molar-refractivity contribution in [3.63, 3.8) is 0 Å². The van der Waals surface area contributed by atoms with E-state index in [9.17, 15) is 4.79 Å². The number of aromatic nitrogens is 4. The Balaban J connectivity index is 2.20. The Kier molecular flexibility index (Phi) is 2.91. The number of nitrogens with zero attached hydrogens (tertiary/aromatic N) is 3. The minimum atomic E-state index is -0.270. The molecule has 2 aromatic rings. The second-order valence-electron chi connectivity index (χ2n) is 2.95. The summed E-state index contributed by atoms with van der Waals surface area (Å²) in [5, 5.41) is 9.35. The zero-order valence-corrected chi connectivity index (χ0v) is 9.04. The molecule has 0 aromatic carbocycles. The van der Waals surface area contributed by atoms with Gasteiger partial charge in [0.05, 0.1) is 0 Å². The summed E-state index contributed by atoms with van der Waals surface area (Å²) in [6.45, 7) is 0.846. The molecule has 0 radical (unpaired) electrons. The first-order chi connectivity index (χ1) is 7.31. The second-order valence-corrected chi connectivity index (χ2v) is 3.94. The Morgan fingerprint density at radius 2 is 2.53 bits per heavy atom. The summed E-state index contributed by atoms with van der Waals surface area (Å²) >= 11 is 1.76. The third-order valence-corrected chi connectivity index (χ3v) is 2.53. The molecule has 0 atom stereocenters. The molecule has 0 spiro atoms. The average Bonchev–Trinajstić information content (AvgIpc) is 2.61. The SMILES string of the molecule is CSCCNc1cc2n[nH]c(=O)n2cn1. The van der Waals surface area contributed by atoms with Gasteiger partial charge in [0.25, 0.3) is 0 Å². The molecule has 0 aliphatic rings. The molecule has 0 saturated heterocycles. The predicted octanol–water partition coefficient (Wildman–Crippen LogP) is 0.192. The van der Waals surface area contributed by atoms with Gasteiger partial charge in [-0.05, 0) is 6.26 Å². The van der Waals surface area contributed by atoms with Crippen molar-refractivity contribution in [3.8, 4) is 0 Å². The molecule has 2 rings (SSSR count). The molecule has 15 heavy (non-hydrogen) atoms. The molecule has 0 fully saturated rings. The summed E-state index contributed by atoms with van der Waals surface area (Å²) in [6, 6.07) is 1.73. The van der Waals surface area contributed by atoms with Crippen LogP contribution in [0.3, 0.4) is 0 Å². The Morgan fingerprint density at radius 3 is 3.33 bits per heavy atom. The van der Waals surface area contributed by atoms with Crippen LogP contribution in [-0.4, -0.2) is 38.1 Å². The first-order valence-corrected chi connectivity index (χ1v) is 5.86. The topological polar surface area (TPSA) is 75.1 Å². The van der Waals surface area contributed by atoms with Crippen molar-refractivity contribution in [2.45, 2.75) is 0 Å². The van der Waals surface area contributed by atoms with Gasteiger partial charge in [-0.2, -0.15) is 16.9 Å². The summed E-state index contributed by atoms with van der Waals surface area (Å²) in [6.07, 6.45) is 3.51. The van der Waals surface area contributed by atoms with E-state index in [1.807, 2.05) is 6.26 Å². The van der Waals surface area contributed by atoms with Crippen LogP contribution < -0.4 is 11.0 Å². The molecule has 0 aliphatic carbocycles. The third kappa shape index (κ3) is 2.12. The summed E-state index contributed by atoms with van der Waals surface area (Å²) in [4.78, 5) is 15.2. The van der Waals surface area contributed by atoms with Gasteiger partial charge in [-0.15, -0.1) is 0 Å². The van der Waals surface area contributed by atoms with E-state index in [4.69, 9.17) is 0 Å². The largest absolute Gasteiger partial charge is 0.369 e. The van der Waals surface area contributed by atoms with Crippen molar-refractivity contribution in [1.82, 2.24) is 19.6 Å². The molecule has 80 valence electrons. The van der Waals surface area contributed by atoms with Gasteiger partial charge in [-0.1, -0.05) is 0 Å². The number of nitrogens with one attached hydrogen (secondary N) is 2. The van der Waals surface area contributed by atoms with E-state index < -0.39 is 0 Å². The van der Waals surface area contributed by atoms with Crippen molar-refractivity contribution >= 4 is 23.2 Å². The minimum absolute atomic E-state index is 0.270. The highest BCUT2D eigenvalue weighted by atomic mass is 32.2. The van der Waals surface area contributed by atoms with Crippen molar-refractivity contribution in [2.75, 3.05) is 23.9 Å². The Morgan fingerprint density at radius 1 is 1.67 bits per heavy atom. The van der Waals surface area contributed by atoms with Crippen LogP contribution in [0.15, 0.2) is 17.2 Å². The van der Waals surface area contributed by atoms with Gasteiger partial charge in [0.15, 0.2) is 5.65 Å². The summed E-state index contributed by atoms with van der Waals surface area (Å²) in [5.41, 5.74) is 0.301. The Bertz CT molecular complexity index is 505. The average molecular weight is 225 g/mol. The maximum absolute atomic E-state index is 11.1. The first kappa shape index (κ1) is 10.0. The second kappa shape index (κ2) is 4.35. The van der Waals surface area contributed by atoms with Crippen LogP contribution in [0.25, 0.3) is 5.65 Å². The van der Waals surface area contributed by atoms with Gasteiger partial charge in [0, 0.05) is 18.4 Å². The van der Waals surface area contributed by atoms with Crippen LogP contribution in [0.4, 0.5) is 5.82 Å². The molecular weight excluding hydrogens is 214 g/mol. The third-order valence-electron chi connectivity index (χ3n) is 1.92. The normalized spacial score (nSPS) is 10.7. The molecule has 2 N–H and O–H groups in total. The summed E-state index contributed by atoms with van der Waals surface area (Å²) in [5.74, 6) is 1.75. The van der Waals surface area contributed by atoms with Gasteiger partial charge in [-0.25, -0.2) is 19.3 Å². The number of hydrogen-bond acceptors (Lipinski definition) is 5. The van der Waals surface area contributed by atoms with E-state index in [2.05, 4.69) is 20.5 Å². The summed E-state index contributed by atoms with van der Waals surface area (Å²) < 4.78 is 1.36. The van der Waals surface area contributed by atoms with Crippen LogP contribution in [0, 0.1) is 0 Å². The van der Waals surface area contributed by atoms with E-state index in [1.54, 1.807) is 17.8 Å². The minimum Gasteiger partial charge on any atom is -0.369 e. The highest BCUT2D eigenvalue weighted by molar-refractivity contribution is 7.98. The van der Waals surface area contributed by atoms with Crippen LogP contribution in [-0.2, 0) is 0 Å². The quantitative estimate of drug-likeness (QED) is 0.727. The lowest BCUT2D eigenvalue weighted by atomic mass is 10.5. The molecule has 2 aromatic heterocycles. The molecule has 6 nitrogen and oxygen atoms in total. The molecule has 0 aliphatic heterocycles. The first-order valence-electron chi connectivity index (χ1n) is 4.47. The van der Waals surface area contributed by atoms with Crippen molar-refractivity contribution in [3.05, 3.63) is 22.9 Å². The standard InChI is InChI=1S/C8H11N5OS/c1-15-3-2-9-6-4-7-11-12-8(14)13(7)5-10-6/h4-5,9H,2-3H2,1H3,(H,12,14). The van der Waals surface area contributed by atoms with Gasteiger partial charge in [0.2, 0.25) is 0 Å². The van der Waals surface area contributed by atoms with E-state index in [-0.39, 0.29) is 5.69 Å². The van der Waals surface area contributed by atoms with Gasteiger partial charge in [0.1, 0.15) is 12.1 Å². The highest BCUT2D eigenvalue weighted by Crippen LogP contribution is 2.04. The Hall–Kier alpha value is -1.50. The highest BCUT2D eigenvalue weighted by Gasteiger charge is 2.01. The van der Waals surface area contributed by atoms with Gasteiger partial charge in [-0.3, -0.25) is 0 Å². The molecule has 2 heterocycles. The van der Waals surface area contributed by atoms with Gasteiger partial charge < -0.3 is 5.32 Å². The van der Waals surface area contributed by atoms with E-state index in [0.717, 1.165) is 18.1 Å². The molecule has 0 saturated carbocycles. The van der Waals surface area contributed by atoms with Crippen molar-refractivity contribution in [2.24, 2.45) is 0 Å². The van der Waals surface area contributed by atoms with E-state index in [1.165, 1.54) is 10.7 Å². The number of thioether (sulfide) groups is 1. The monoisotopic (exact) mass is 225 g/mol. The van der Waals surface area contributed by atoms with E-state index in [0.29, 0.717) is 5.65 Å². The molecule has 0 amide bonds. The number of fused-ring (bicyclic) bond motifs is 1. The fourth-order valence-electron chi connectivity index (χ4n) is 1.19. The van der Waals surface area contributed by atoms with Crippen LogP contribution in [0.2, 0.25) is 0 Å². The van der Waals surface area contributed by atoms with Crippen molar-refractivity contribution < 1.29 is 0 Å². The lowest BCUT2D eigenvalue weighted by molar-refractivity contribution is 0.994. The predicted molar refractivity (Wildman–Crippen MR) is 60.5 cm³/mol. The lowest BCUT2D eigenvalue weighted by Gasteiger charge is -2.03. The van der Waals surface area contributed by atoms with Crippen LogP contribution in [0.1, 0.15) is 0 Å². The zero-order valence-electron chi connectivity index (χ0n) is 8.23. The van der Waals surface area contributed by atoms with Crippen LogP contribution in [0.5, 0.6) is 0 Å². The van der Waals surface area contributed by atoms with E-state index >= 15 is 0 Å². The van der Waals surface area contributed by atoms with Crippen LogP contribution >= 0.6 is 11.8 Å². The molecule has 7 heteroatoms. The number of rotatable bonds is 4. The zero-order chi connectivity index (χ0) is 10.7. The van der Waals surface area contributed by atoms with Gasteiger partial charge >= 0.3 is 5.69 Å². The fourth-order valence-corrected chi connectivity index (χ4v) is 1.49.